The first-order valence-corrected chi connectivity index (χ1v) is 23.6. The number of nitrogens with zero attached hydrogens (tertiary/aromatic N) is 4. The highest BCUT2D eigenvalue weighted by molar-refractivity contribution is 6.08. The molecule has 4 nitrogen and oxygen atoms in total. The first-order chi connectivity index (χ1) is 30.3. The quantitative estimate of drug-likeness (QED) is 0.175. The van der Waals surface area contributed by atoms with Gasteiger partial charge < -0.3 is 18.9 Å². The first-order valence-electron chi connectivity index (χ1n) is 23.6. The molecule has 0 bridgehead atoms. The lowest BCUT2D eigenvalue weighted by atomic mass is 10.2. The summed E-state index contributed by atoms with van der Waals surface area (Å²) in [5.41, 5.74) is 10.6. The number of anilines is 2. The van der Waals surface area contributed by atoms with Gasteiger partial charge in [0.05, 0.1) is 0 Å². The number of hydrogen-bond acceptors (Lipinski definition) is 2. The predicted molar refractivity (Wildman–Crippen MR) is 296 cm³/mol. The average molecular weight is 857 g/mol. The van der Waals surface area contributed by atoms with Crippen LogP contribution in [0.4, 0.5) is 11.4 Å². The van der Waals surface area contributed by atoms with Gasteiger partial charge in [-0.2, -0.15) is 0 Å². The second-order valence-electron chi connectivity index (χ2n) is 12.9. The topological polar surface area (TPSA) is 16.3 Å². The summed E-state index contributed by atoms with van der Waals surface area (Å²) in [7, 11) is 8.23. The third kappa shape index (κ3) is 18.0. The van der Waals surface area contributed by atoms with Crippen LogP contribution in [0, 0.1) is 13.8 Å². The molecular formula is C59H92N4. The number of aromatic nitrogens is 2. The Labute approximate surface area is 388 Å². The van der Waals surface area contributed by atoms with Gasteiger partial charge in [0.25, 0.3) is 0 Å². The molecule has 0 aliphatic carbocycles. The largest absolute Gasteiger partial charge is 0.377 e. The number of fused-ring (bicyclic) bond motifs is 6. The van der Waals surface area contributed by atoms with Crippen molar-refractivity contribution in [3.63, 3.8) is 0 Å². The summed E-state index contributed by atoms with van der Waals surface area (Å²) in [5, 5.41) is 5.43. The standard InChI is InChI=1S/2C14H13N.2C9H13N.6C2H6.CH4/c2*1-2-15-13-9-5-3-7-11(13)12-8-4-6-10-14(12)15;2*1-8-6-4-5-7-9(8)10(2)3;6*1-2;/h2*3-10H,2H2,1H3;2*4-7H,1-3H3;6*1-2H3;1H4. The maximum atomic E-state index is 2.37. The van der Waals surface area contributed by atoms with E-state index < -0.39 is 0 Å². The molecule has 63 heavy (non-hydrogen) atoms. The van der Waals surface area contributed by atoms with Crippen molar-refractivity contribution in [2.45, 2.75) is 131 Å². The Morgan fingerprint density at radius 3 is 0.683 bits per heavy atom. The van der Waals surface area contributed by atoms with Crippen molar-refractivity contribution >= 4 is 55.0 Å². The van der Waals surface area contributed by atoms with Crippen LogP contribution in [0.1, 0.15) is 115 Å². The van der Waals surface area contributed by atoms with E-state index in [1.807, 2.05) is 83.1 Å². The molecule has 0 amide bonds. The summed E-state index contributed by atoms with van der Waals surface area (Å²) in [6.45, 7) is 34.7. The Kier molecular flexibility index (Phi) is 36.4. The van der Waals surface area contributed by atoms with Crippen LogP contribution in [0.25, 0.3) is 43.6 Å². The summed E-state index contributed by atoms with van der Waals surface area (Å²) in [6, 6.07) is 51.1. The van der Waals surface area contributed by atoms with Crippen LogP contribution in [0.5, 0.6) is 0 Å². The molecule has 0 aliphatic rings. The Morgan fingerprint density at radius 1 is 0.317 bits per heavy atom. The van der Waals surface area contributed by atoms with Gasteiger partial charge in [-0.15, -0.1) is 0 Å². The van der Waals surface area contributed by atoms with E-state index in [1.165, 1.54) is 66.1 Å². The van der Waals surface area contributed by atoms with Crippen LogP contribution in [0.2, 0.25) is 0 Å². The van der Waals surface area contributed by atoms with Crippen molar-refractivity contribution in [2.75, 3.05) is 38.0 Å². The third-order valence-corrected chi connectivity index (χ3v) is 9.19. The van der Waals surface area contributed by atoms with E-state index in [0.29, 0.717) is 0 Å². The number of rotatable bonds is 4. The highest BCUT2D eigenvalue weighted by Crippen LogP contribution is 2.29. The normalized spacial score (nSPS) is 8.95. The average Bonchev–Trinajstić information content (AvgIpc) is 3.86. The van der Waals surface area contributed by atoms with Crippen LogP contribution < -0.4 is 9.80 Å². The molecule has 8 rings (SSSR count). The number of para-hydroxylation sites is 6. The molecule has 0 fully saturated rings. The lowest BCUT2D eigenvalue weighted by Crippen LogP contribution is -2.09. The fourth-order valence-corrected chi connectivity index (χ4v) is 6.82. The summed E-state index contributed by atoms with van der Waals surface area (Å²) < 4.78 is 4.73. The van der Waals surface area contributed by atoms with E-state index in [9.17, 15) is 0 Å². The van der Waals surface area contributed by atoms with Gasteiger partial charge >= 0.3 is 0 Å². The smallest absolute Gasteiger partial charge is 0.0491 e. The molecule has 0 N–H and O–H groups in total. The van der Waals surface area contributed by atoms with Crippen molar-refractivity contribution in [3.8, 4) is 0 Å². The van der Waals surface area contributed by atoms with Crippen LogP contribution in [0.3, 0.4) is 0 Å². The van der Waals surface area contributed by atoms with Gasteiger partial charge in [-0.3, -0.25) is 0 Å². The molecule has 2 heterocycles. The highest BCUT2D eigenvalue weighted by Gasteiger charge is 2.08. The Bertz CT molecular complexity index is 2020. The molecule has 6 aromatic carbocycles. The molecule has 0 atom stereocenters. The van der Waals surface area contributed by atoms with Crippen molar-refractivity contribution in [2.24, 2.45) is 0 Å². The zero-order chi connectivity index (χ0) is 47.6. The fourth-order valence-electron chi connectivity index (χ4n) is 6.82. The minimum atomic E-state index is 0. The van der Waals surface area contributed by atoms with Gasteiger partial charge in [0.2, 0.25) is 0 Å². The van der Waals surface area contributed by atoms with E-state index >= 15 is 0 Å². The van der Waals surface area contributed by atoms with Crippen LogP contribution in [-0.2, 0) is 13.1 Å². The van der Waals surface area contributed by atoms with E-state index in [1.54, 1.807) is 0 Å². The minimum Gasteiger partial charge on any atom is -0.377 e. The lowest BCUT2D eigenvalue weighted by molar-refractivity contribution is 0.827. The molecule has 348 valence electrons. The summed E-state index contributed by atoms with van der Waals surface area (Å²) in [4.78, 5) is 4.24. The number of aryl methyl sites for hydroxylation is 4. The fraction of sp³-hybridized carbons (Fsp3) is 0.390. The molecule has 4 heteroatoms. The Balaban J connectivity index is -0.000000710. The van der Waals surface area contributed by atoms with Crippen LogP contribution >= 0.6 is 0 Å². The second kappa shape index (κ2) is 37.1. The third-order valence-electron chi connectivity index (χ3n) is 9.19. The Morgan fingerprint density at radius 2 is 0.508 bits per heavy atom. The second-order valence-corrected chi connectivity index (χ2v) is 12.9. The van der Waals surface area contributed by atoms with E-state index in [4.69, 9.17) is 0 Å². The maximum absolute atomic E-state index is 2.37. The molecule has 0 unspecified atom stereocenters. The van der Waals surface area contributed by atoms with Gasteiger partial charge in [-0.1, -0.05) is 200 Å². The summed E-state index contributed by atoms with van der Waals surface area (Å²) in [5.74, 6) is 0. The molecule has 0 aliphatic heterocycles. The SMILES string of the molecule is C.CC.CC.CC.CC.CC.CC.CCn1c2ccccc2c2ccccc21.CCn1c2ccccc2c2ccccc21.Cc1ccccc1N(C)C.Cc1ccccc1N(C)C. The zero-order valence-corrected chi connectivity index (χ0v) is 43.1. The molecule has 0 radical (unpaired) electrons. The Hall–Kier alpha value is -5.48. The minimum absolute atomic E-state index is 0. The highest BCUT2D eigenvalue weighted by atomic mass is 15.1. The summed E-state index contributed by atoms with van der Waals surface area (Å²) >= 11 is 0. The number of benzene rings is 6. The van der Waals surface area contributed by atoms with E-state index in [-0.39, 0.29) is 7.43 Å². The first kappa shape index (κ1) is 61.8. The molecule has 8 aromatic rings. The molecular weight excluding hydrogens is 765 g/mol. The van der Waals surface area contributed by atoms with Gasteiger partial charge in [-0.25, -0.2) is 0 Å². The van der Waals surface area contributed by atoms with Crippen LogP contribution in [0.15, 0.2) is 146 Å². The predicted octanol–water partition coefficient (Wildman–Crippen LogP) is 18.5. The van der Waals surface area contributed by atoms with Crippen molar-refractivity contribution in [1.82, 2.24) is 9.13 Å². The maximum Gasteiger partial charge on any atom is 0.0491 e. The van der Waals surface area contributed by atoms with E-state index in [0.717, 1.165) is 13.1 Å². The zero-order valence-electron chi connectivity index (χ0n) is 43.1. The van der Waals surface area contributed by atoms with Gasteiger partial charge in [-0.05, 0) is 75.2 Å². The lowest BCUT2D eigenvalue weighted by Gasteiger charge is -2.14. The van der Waals surface area contributed by atoms with Crippen LogP contribution in [-0.4, -0.2) is 37.3 Å². The molecule has 0 spiro atoms. The summed E-state index contributed by atoms with van der Waals surface area (Å²) in [6.07, 6.45) is 0. The van der Waals surface area contributed by atoms with Gasteiger partial charge in [0.15, 0.2) is 0 Å². The molecule has 2 aromatic heterocycles. The monoisotopic (exact) mass is 857 g/mol. The van der Waals surface area contributed by atoms with Crippen molar-refractivity contribution in [1.29, 1.82) is 0 Å². The van der Waals surface area contributed by atoms with Crippen molar-refractivity contribution < 1.29 is 0 Å². The van der Waals surface area contributed by atoms with Crippen molar-refractivity contribution in [3.05, 3.63) is 157 Å². The van der Waals surface area contributed by atoms with E-state index in [2.05, 4.69) is 220 Å². The molecule has 0 saturated carbocycles. The van der Waals surface area contributed by atoms with Gasteiger partial charge in [0.1, 0.15) is 0 Å². The number of hydrogen-bond donors (Lipinski definition) is 0. The molecule has 0 saturated heterocycles. The van der Waals surface area contributed by atoms with Gasteiger partial charge in [0, 0.05) is 96.3 Å².